The highest BCUT2D eigenvalue weighted by atomic mass is 19.1. The van der Waals surface area contributed by atoms with Crippen molar-refractivity contribution in [1.82, 2.24) is 14.6 Å². The third-order valence-corrected chi connectivity index (χ3v) is 5.16. The van der Waals surface area contributed by atoms with Crippen molar-refractivity contribution < 1.29 is 13.2 Å². The summed E-state index contributed by atoms with van der Waals surface area (Å²) in [6.45, 7) is 0. The maximum absolute atomic E-state index is 14.6. The van der Waals surface area contributed by atoms with Gasteiger partial charge in [-0.3, -0.25) is 0 Å². The zero-order valence-corrected chi connectivity index (χ0v) is 14.7. The van der Waals surface area contributed by atoms with E-state index in [0.717, 1.165) is 32.1 Å². The Morgan fingerprint density at radius 3 is 2.25 bits per heavy atom. The second-order valence-electron chi connectivity index (χ2n) is 6.82. The van der Waals surface area contributed by atoms with Crippen molar-refractivity contribution in [2.24, 2.45) is 0 Å². The lowest BCUT2D eigenvalue weighted by molar-refractivity contribution is 0.431. The van der Waals surface area contributed by atoms with Crippen molar-refractivity contribution in [2.45, 2.75) is 38.0 Å². The van der Waals surface area contributed by atoms with Crippen molar-refractivity contribution in [1.29, 1.82) is 10.5 Å². The van der Waals surface area contributed by atoms with Gasteiger partial charge in [0.05, 0.1) is 17.5 Å². The van der Waals surface area contributed by atoms with E-state index in [1.807, 2.05) is 12.1 Å². The average molecular weight is 381 g/mol. The summed E-state index contributed by atoms with van der Waals surface area (Å²) in [6.07, 6.45) is 5.73. The van der Waals surface area contributed by atoms with E-state index in [4.69, 9.17) is 0 Å². The Balaban J connectivity index is 2.13. The fraction of sp³-hybridized carbons (Fsp3) is 0.300. The van der Waals surface area contributed by atoms with Crippen LogP contribution in [0.2, 0.25) is 0 Å². The lowest BCUT2D eigenvalue weighted by atomic mass is 9.83. The molecule has 1 fully saturated rings. The molecule has 4 rings (SSSR count). The van der Waals surface area contributed by atoms with Crippen molar-refractivity contribution >= 4 is 5.65 Å². The van der Waals surface area contributed by atoms with Gasteiger partial charge in [0.1, 0.15) is 35.2 Å². The van der Waals surface area contributed by atoms with Crippen LogP contribution in [0.4, 0.5) is 13.2 Å². The molecule has 1 aliphatic rings. The molecule has 1 saturated carbocycles. The van der Waals surface area contributed by atoms with Crippen LogP contribution in [0.3, 0.4) is 0 Å². The van der Waals surface area contributed by atoms with Crippen LogP contribution in [0, 0.1) is 40.1 Å². The summed E-state index contributed by atoms with van der Waals surface area (Å²) in [5, 5.41) is 23.2. The van der Waals surface area contributed by atoms with Gasteiger partial charge in [-0.15, -0.1) is 0 Å². The van der Waals surface area contributed by atoms with E-state index >= 15 is 0 Å². The van der Waals surface area contributed by atoms with Crippen LogP contribution in [-0.2, 0) is 0 Å². The number of benzene rings is 1. The Labute approximate surface area is 158 Å². The smallest absolute Gasteiger partial charge is 0.174 e. The van der Waals surface area contributed by atoms with Gasteiger partial charge in [-0.2, -0.15) is 15.6 Å². The van der Waals surface area contributed by atoms with Gasteiger partial charge in [0.2, 0.25) is 0 Å². The molecule has 2 heterocycles. The Morgan fingerprint density at radius 1 is 0.964 bits per heavy atom. The van der Waals surface area contributed by atoms with Gasteiger partial charge in [-0.05, 0) is 12.8 Å². The molecular formula is C20H14F3N5. The average Bonchev–Trinajstić information content (AvgIpc) is 3.09. The SMILES string of the molecule is N#Cc1nc2c(C#N)cnn2c(C2CCCCC2)c1-c1c(F)cc(F)cc1F. The molecule has 0 atom stereocenters. The molecule has 3 aromatic rings. The normalized spacial score (nSPS) is 14.8. The largest absolute Gasteiger partial charge is 0.217 e. The highest BCUT2D eigenvalue weighted by Gasteiger charge is 2.30. The molecule has 1 aliphatic carbocycles. The lowest BCUT2D eigenvalue weighted by Crippen LogP contribution is -2.15. The molecule has 0 aliphatic heterocycles. The number of fused-ring (bicyclic) bond motifs is 1. The third kappa shape index (κ3) is 2.78. The van der Waals surface area contributed by atoms with Crippen LogP contribution in [0.15, 0.2) is 18.3 Å². The maximum Gasteiger partial charge on any atom is 0.174 e. The highest BCUT2D eigenvalue weighted by molar-refractivity contribution is 5.75. The second-order valence-corrected chi connectivity index (χ2v) is 6.82. The van der Waals surface area contributed by atoms with E-state index in [1.165, 1.54) is 10.7 Å². The summed E-state index contributed by atoms with van der Waals surface area (Å²) in [5.74, 6) is -3.38. The number of nitrogens with zero attached hydrogens (tertiary/aromatic N) is 5. The van der Waals surface area contributed by atoms with Crippen LogP contribution in [-0.4, -0.2) is 14.6 Å². The molecule has 28 heavy (non-hydrogen) atoms. The fourth-order valence-corrected chi connectivity index (χ4v) is 3.96. The van der Waals surface area contributed by atoms with Crippen molar-refractivity contribution in [3.05, 3.63) is 52.7 Å². The van der Waals surface area contributed by atoms with Crippen LogP contribution >= 0.6 is 0 Å². The molecule has 2 aromatic heterocycles. The minimum Gasteiger partial charge on any atom is -0.217 e. The zero-order chi connectivity index (χ0) is 19.8. The van der Waals surface area contributed by atoms with Crippen LogP contribution < -0.4 is 0 Å². The standard InChI is InChI=1S/C20H14F3N5/c21-13-6-14(22)17(15(23)7-13)18-16(9-25)27-20-12(8-24)10-26-28(20)19(18)11-4-2-1-3-5-11/h6-7,10-11H,1-5H2. The van der Waals surface area contributed by atoms with Gasteiger partial charge < -0.3 is 0 Å². The number of nitriles is 2. The second kappa shape index (κ2) is 6.97. The molecule has 1 aromatic carbocycles. The number of halogens is 3. The van der Waals surface area contributed by atoms with E-state index in [2.05, 4.69) is 10.1 Å². The Hall–Kier alpha value is -3.39. The zero-order valence-electron chi connectivity index (χ0n) is 14.7. The van der Waals surface area contributed by atoms with Gasteiger partial charge in [0.15, 0.2) is 11.3 Å². The molecule has 0 amide bonds. The summed E-state index contributed by atoms with van der Waals surface area (Å²) in [4.78, 5) is 4.15. The van der Waals surface area contributed by atoms with E-state index in [0.29, 0.717) is 17.8 Å². The topological polar surface area (TPSA) is 77.8 Å². The maximum atomic E-state index is 14.6. The molecule has 0 N–H and O–H groups in total. The first-order valence-corrected chi connectivity index (χ1v) is 8.92. The van der Waals surface area contributed by atoms with Crippen LogP contribution in [0.25, 0.3) is 16.8 Å². The number of hydrogen-bond donors (Lipinski definition) is 0. The molecule has 0 radical (unpaired) electrons. The summed E-state index contributed by atoms with van der Waals surface area (Å²) >= 11 is 0. The lowest BCUT2D eigenvalue weighted by Gasteiger charge is -2.25. The van der Waals surface area contributed by atoms with E-state index in [-0.39, 0.29) is 28.4 Å². The highest BCUT2D eigenvalue weighted by Crippen LogP contribution is 2.41. The minimum absolute atomic E-state index is 0.0236. The molecule has 5 nitrogen and oxygen atoms in total. The van der Waals surface area contributed by atoms with E-state index in [9.17, 15) is 23.7 Å². The molecule has 0 saturated heterocycles. The summed E-state index contributed by atoms with van der Waals surface area (Å²) in [6, 6.07) is 5.02. The van der Waals surface area contributed by atoms with Crippen LogP contribution in [0.1, 0.15) is 55.0 Å². The first-order chi connectivity index (χ1) is 13.5. The molecular weight excluding hydrogens is 367 g/mol. The predicted molar refractivity (Wildman–Crippen MR) is 93.6 cm³/mol. The van der Waals surface area contributed by atoms with E-state index in [1.54, 1.807) is 0 Å². The van der Waals surface area contributed by atoms with Gasteiger partial charge in [0.25, 0.3) is 0 Å². The Bertz CT molecular complexity index is 1140. The summed E-state index contributed by atoms with van der Waals surface area (Å²) in [7, 11) is 0. The Kier molecular flexibility index (Phi) is 4.48. The summed E-state index contributed by atoms with van der Waals surface area (Å²) in [5.41, 5.74) is 0.0412. The summed E-state index contributed by atoms with van der Waals surface area (Å²) < 4.78 is 44.1. The Morgan fingerprint density at radius 2 is 1.64 bits per heavy atom. The molecule has 0 spiro atoms. The molecule has 140 valence electrons. The van der Waals surface area contributed by atoms with Gasteiger partial charge >= 0.3 is 0 Å². The predicted octanol–water partition coefficient (Wildman–Crippen LogP) is 4.60. The first-order valence-electron chi connectivity index (χ1n) is 8.92. The quantitative estimate of drug-likeness (QED) is 0.650. The van der Waals surface area contributed by atoms with Gasteiger partial charge in [-0.25, -0.2) is 22.7 Å². The number of aromatic nitrogens is 3. The van der Waals surface area contributed by atoms with E-state index < -0.39 is 23.0 Å². The van der Waals surface area contributed by atoms with Crippen LogP contribution in [0.5, 0.6) is 0 Å². The van der Waals surface area contributed by atoms with Crippen molar-refractivity contribution in [3.8, 4) is 23.3 Å². The van der Waals surface area contributed by atoms with Gasteiger partial charge in [-0.1, -0.05) is 19.3 Å². The molecule has 0 unspecified atom stereocenters. The van der Waals surface area contributed by atoms with Gasteiger partial charge in [0, 0.05) is 23.6 Å². The van der Waals surface area contributed by atoms with Crippen molar-refractivity contribution in [2.75, 3.05) is 0 Å². The minimum atomic E-state index is -1.11. The number of hydrogen-bond acceptors (Lipinski definition) is 4. The molecule has 0 bridgehead atoms. The fourth-order valence-electron chi connectivity index (χ4n) is 3.96. The first kappa shape index (κ1) is 18.0. The van der Waals surface area contributed by atoms with Crippen molar-refractivity contribution in [3.63, 3.8) is 0 Å². The third-order valence-electron chi connectivity index (χ3n) is 5.16. The number of rotatable bonds is 2. The molecule has 8 heteroatoms. The monoisotopic (exact) mass is 381 g/mol.